The largest absolute Gasteiger partial charge is 0.381 e. The molecule has 0 fully saturated rings. The SMILES string of the molecule is Cc1ncsc1CNS(=O)(=O)c1cn(C)nc1N. The zero-order chi connectivity index (χ0) is 13.3. The van der Waals surface area contributed by atoms with Gasteiger partial charge in [-0.1, -0.05) is 0 Å². The van der Waals surface area contributed by atoms with E-state index in [0.29, 0.717) is 0 Å². The number of nitrogens with one attached hydrogen (secondary N) is 1. The predicted molar refractivity (Wildman–Crippen MR) is 68.5 cm³/mol. The number of nitrogens with two attached hydrogens (primary N) is 1. The van der Waals surface area contributed by atoms with Gasteiger partial charge in [0.2, 0.25) is 10.0 Å². The quantitative estimate of drug-likeness (QED) is 0.839. The Bertz CT molecular complexity index is 658. The molecule has 0 aliphatic rings. The van der Waals surface area contributed by atoms with Gasteiger partial charge in [0.1, 0.15) is 4.90 Å². The van der Waals surface area contributed by atoms with E-state index in [1.54, 1.807) is 12.6 Å². The Hall–Kier alpha value is -1.45. The number of nitrogens with zero attached hydrogens (tertiary/aromatic N) is 3. The van der Waals surface area contributed by atoms with Crippen molar-refractivity contribution in [3.63, 3.8) is 0 Å². The summed E-state index contributed by atoms with van der Waals surface area (Å²) in [7, 11) is -2.03. The zero-order valence-corrected chi connectivity index (χ0v) is 11.5. The molecule has 0 amide bonds. The van der Waals surface area contributed by atoms with Crippen LogP contribution in [0.5, 0.6) is 0 Å². The average Bonchev–Trinajstić information content (AvgIpc) is 2.82. The zero-order valence-electron chi connectivity index (χ0n) is 9.91. The van der Waals surface area contributed by atoms with Crippen molar-refractivity contribution < 1.29 is 8.42 Å². The number of nitrogen functional groups attached to an aromatic ring is 1. The number of aromatic nitrogens is 3. The lowest BCUT2D eigenvalue weighted by Gasteiger charge is -2.04. The molecule has 0 saturated carbocycles. The Balaban J connectivity index is 2.18. The van der Waals surface area contributed by atoms with E-state index in [1.807, 2.05) is 6.92 Å². The fourth-order valence-electron chi connectivity index (χ4n) is 1.43. The Morgan fingerprint density at radius 3 is 2.78 bits per heavy atom. The Morgan fingerprint density at radius 2 is 2.28 bits per heavy atom. The Morgan fingerprint density at radius 1 is 1.56 bits per heavy atom. The molecule has 0 unspecified atom stereocenters. The molecule has 0 saturated heterocycles. The fraction of sp³-hybridized carbons (Fsp3) is 0.333. The number of thiazole rings is 1. The molecule has 0 atom stereocenters. The molecule has 0 aromatic carbocycles. The molecule has 0 aliphatic heterocycles. The van der Waals surface area contributed by atoms with Crippen LogP contribution in [-0.4, -0.2) is 23.2 Å². The van der Waals surface area contributed by atoms with Crippen LogP contribution in [0.2, 0.25) is 0 Å². The summed E-state index contributed by atoms with van der Waals surface area (Å²) in [4.78, 5) is 4.92. The lowest BCUT2D eigenvalue weighted by Crippen LogP contribution is -2.23. The summed E-state index contributed by atoms with van der Waals surface area (Å²) >= 11 is 1.40. The van der Waals surface area contributed by atoms with Crippen LogP contribution >= 0.6 is 11.3 Å². The molecule has 98 valence electrons. The second kappa shape index (κ2) is 4.67. The van der Waals surface area contributed by atoms with Gasteiger partial charge >= 0.3 is 0 Å². The molecule has 9 heteroatoms. The van der Waals surface area contributed by atoms with E-state index >= 15 is 0 Å². The highest BCUT2D eigenvalue weighted by molar-refractivity contribution is 7.89. The smallest absolute Gasteiger partial charge is 0.246 e. The van der Waals surface area contributed by atoms with Crippen LogP contribution in [0.3, 0.4) is 0 Å². The van der Waals surface area contributed by atoms with Crippen molar-refractivity contribution >= 4 is 27.2 Å². The number of anilines is 1. The minimum Gasteiger partial charge on any atom is -0.381 e. The first-order valence-corrected chi connectivity index (χ1v) is 7.44. The molecule has 0 bridgehead atoms. The Labute approximate surface area is 109 Å². The molecule has 0 radical (unpaired) electrons. The van der Waals surface area contributed by atoms with E-state index < -0.39 is 10.0 Å². The molecule has 2 aromatic rings. The van der Waals surface area contributed by atoms with Crippen molar-refractivity contribution in [1.82, 2.24) is 19.5 Å². The van der Waals surface area contributed by atoms with Gasteiger partial charge in [-0.2, -0.15) is 5.10 Å². The number of sulfonamides is 1. The van der Waals surface area contributed by atoms with Crippen LogP contribution < -0.4 is 10.5 Å². The predicted octanol–water partition coefficient (Wildman–Crippen LogP) is 0.246. The fourth-order valence-corrected chi connectivity index (χ4v) is 3.33. The number of hydrogen-bond donors (Lipinski definition) is 2. The highest BCUT2D eigenvalue weighted by atomic mass is 32.2. The summed E-state index contributed by atoms with van der Waals surface area (Å²) < 4.78 is 27.9. The van der Waals surface area contributed by atoms with Gasteiger partial charge in [-0.15, -0.1) is 11.3 Å². The van der Waals surface area contributed by atoms with Crippen LogP contribution in [0.4, 0.5) is 5.82 Å². The molecular formula is C9H13N5O2S2. The second-order valence-electron chi connectivity index (χ2n) is 3.74. The summed E-state index contributed by atoms with van der Waals surface area (Å²) in [6.07, 6.45) is 1.37. The second-order valence-corrected chi connectivity index (χ2v) is 6.41. The van der Waals surface area contributed by atoms with Gasteiger partial charge in [-0.3, -0.25) is 4.68 Å². The van der Waals surface area contributed by atoms with Crippen molar-refractivity contribution in [2.24, 2.45) is 7.05 Å². The number of aryl methyl sites for hydroxylation is 2. The lowest BCUT2D eigenvalue weighted by molar-refractivity contribution is 0.582. The van der Waals surface area contributed by atoms with Crippen molar-refractivity contribution in [2.75, 3.05) is 5.73 Å². The highest BCUT2D eigenvalue weighted by Crippen LogP contribution is 2.17. The number of hydrogen-bond acceptors (Lipinski definition) is 6. The maximum absolute atomic E-state index is 12.0. The highest BCUT2D eigenvalue weighted by Gasteiger charge is 2.20. The van der Waals surface area contributed by atoms with Gasteiger partial charge < -0.3 is 5.73 Å². The van der Waals surface area contributed by atoms with E-state index in [0.717, 1.165) is 10.6 Å². The van der Waals surface area contributed by atoms with Gasteiger partial charge in [0, 0.05) is 24.7 Å². The third-order valence-corrected chi connectivity index (χ3v) is 4.73. The van der Waals surface area contributed by atoms with Crippen LogP contribution in [0.25, 0.3) is 0 Å². The van der Waals surface area contributed by atoms with Gasteiger partial charge in [0.15, 0.2) is 5.82 Å². The third-order valence-electron chi connectivity index (χ3n) is 2.38. The van der Waals surface area contributed by atoms with E-state index in [2.05, 4.69) is 14.8 Å². The van der Waals surface area contributed by atoms with Crippen molar-refractivity contribution in [3.05, 3.63) is 22.3 Å². The first-order valence-electron chi connectivity index (χ1n) is 5.08. The normalized spacial score (nSPS) is 11.9. The summed E-state index contributed by atoms with van der Waals surface area (Å²) in [5.74, 6) is -0.00831. The van der Waals surface area contributed by atoms with Gasteiger partial charge in [0.25, 0.3) is 0 Å². The van der Waals surface area contributed by atoms with Gasteiger partial charge in [-0.25, -0.2) is 18.1 Å². The van der Waals surface area contributed by atoms with Crippen LogP contribution in [0.15, 0.2) is 16.6 Å². The van der Waals surface area contributed by atoms with E-state index in [-0.39, 0.29) is 17.3 Å². The van der Waals surface area contributed by atoms with Gasteiger partial charge in [0.05, 0.1) is 11.2 Å². The average molecular weight is 287 g/mol. The molecule has 2 aromatic heterocycles. The third kappa shape index (κ3) is 2.52. The molecule has 3 N–H and O–H groups in total. The molecule has 0 aliphatic carbocycles. The summed E-state index contributed by atoms with van der Waals surface area (Å²) in [5, 5.41) is 3.81. The van der Waals surface area contributed by atoms with Crippen LogP contribution in [0.1, 0.15) is 10.6 Å². The summed E-state index contributed by atoms with van der Waals surface area (Å²) in [6, 6.07) is 0. The molecule has 18 heavy (non-hydrogen) atoms. The van der Waals surface area contributed by atoms with Crippen molar-refractivity contribution in [1.29, 1.82) is 0 Å². The monoisotopic (exact) mass is 287 g/mol. The summed E-state index contributed by atoms with van der Waals surface area (Å²) in [6.45, 7) is 2.03. The number of rotatable bonds is 4. The topological polar surface area (TPSA) is 103 Å². The van der Waals surface area contributed by atoms with Gasteiger partial charge in [-0.05, 0) is 6.92 Å². The molecule has 0 spiro atoms. The molecular weight excluding hydrogens is 274 g/mol. The molecule has 2 rings (SSSR count). The summed E-state index contributed by atoms with van der Waals surface area (Å²) in [5.41, 5.74) is 8.04. The van der Waals surface area contributed by atoms with E-state index in [4.69, 9.17) is 5.73 Å². The van der Waals surface area contributed by atoms with E-state index in [9.17, 15) is 8.42 Å². The van der Waals surface area contributed by atoms with Crippen LogP contribution in [-0.2, 0) is 23.6 Å². The lowest BCUT2D eigenvalue weighted by atomic mass is 10.4. The maximum Gasteiger partial charge on any atom is 0.246 e. The maximum atomic E-state index is 12.0. The van der Waals surface area contributed by atoms with E-state index in [1.165, 1.54) is 22.2 Å². The Kier molecular flexibility index (Phi) is 3.37. The first kappa shape index (κ1) is 13.0. The minimum absolute atomic E-state index is 0.00725. The molecule has 7 nitrogen and oxygen atoms in total. The van der Waals surface area contributed by atoms with Crippen molar-refractivity contribution in [2.45, 2.75) is 18.4 Å². The van der Waals surface area contributed by atoms with Crippen molar-refractivity contribution in [3.8, 4) is 0 Å². The standard InChI is InChI=1S/C9H13N5O2S2/c1-6-7(17-5-11-6)3-12-18(15,16)8-4-14(2)13-9(8)10/h4-5,12H,3H2,1-2H3,(H2,10,13). The minimum atomic E-state index is -3.64. The first-order chi connectivity index (χ1) is 8.40. The molecule has 2 heterocycles. The van der Waals surface area contributed by atoms with Crippen LogP contribution in [0, 0.1) is 6.92 Å².